The second-order valence-corrected chi connectivity index (χ2v) is 6.15. The monoisotopic (exact) mass is 305 g/mol. The average molecular weight is 305 g/mol. The highest BCUT2D eigenvalue weighted by Crippen LogP contribution is 2.38. The van der Waals surface area contributed by atoms with Gasteiger partial charge in [-0.25, -0.2) is 0 Å². The van der Waals surface area contributed by atoms with Gasteiger partial charge in [0.25, 0.3) is 0 Å². The van der Waals surface area contributed by atoms with Gasteiger partial charge in [0.15, 0.2) is 11.5 Å². The lowest BCUT2D eigenvalue weighted by atomic mass is 10.1. The molecule has 2 aromatic carbocycles. The number of rotatable bonds is 2. The molecule has 1 unspecified atom stereocenters. The van der Waals surface area contributed by atoms with E-state index in [4.69, 9.17) is 9.47 Å². The number of hydrogen-bond donors (Lipinski definition) is 0. The highest BCUT2D eigenvalue weighted by Gasteiger charge is 2.23. The van der Waals surface area contributed by atoms with Crippen molar-refractivity contribution in [1.82, 2.24) is 4.98 Å². The normalized spacial score (nSPS) is 16.5. The molecule has 0 N–H and O–H groups in total. The third-order valence-corrected chi connectivity index (χ3v) is 4.22. The molecule has 3 nitrogen and oxygen atoms in total. The number of aryl methyl sites for hydroxylation is 2. The van der Waals surface area contributed by atoms with Crippen molar-refractivity contribution in [3.8, 4) is 11.5 Å². The van der Waals surface area contributed by atoms with Crippen LogP contribution in [0.2, 0.25) is 0 Å². The SMILES string of the molecule is Cc1ccc(CC2COc3ccc4nc(C)ccc4c3O2)cc1. The van der Waals surface area contributed by atoms with E-state index in [0.717, 1.165) is 34.5 Å². The Morgan fingerprint density at radius 2 is 1.83 bits per heavy atom. The predicted molar refractivity (Wildman–Crippen MR) is 91.3 cm³/mol. The molecule has 0 bridgehead atoms. The molecule has 0 saturated carbocycles. The smallest absolute Gasteiger partial charge is 0.171 e. The van der Waals surface area contributed by atoms with Gasteiger partial charge in [0.2, 0.25) is 0 Å². The molecule has 3 heteroatoms. The highest BCUT2D eigenvalue weighted by molar-refractivity contribution is 5.88. The van der Waals surface area contributed by atoms with E-state index in [1.54, 1.807) is 0 Å². The van der Waals surface area contributed by atoms with Crippen molar-refractivity contribution in [2.24, 2.45) is 0 Å². The molecule has 0 spiro atoms. The van der Waals surface area contributed by atoms with Crippen LogP contribution in [-0.2, 0) is 6.42 Å². The first kappa shape index (κ1) is 14.1. The van der Waals surface area contributed by atoms with Crippen LogP contribution in [0.3, 0.4) is 0 Å². The summed E-state index contributed by atoms with van der Waals surface area (Å²) >= 11 is 0. The first-order chi connectivity index (χ1) is 11.2. The Kier molecular flexibility index (Phi) is 3.41. The van der Waals surface area contributed by atoms with Crippen molar-refractivity contribution in [3.63, 3.8) is 0 Å². The van der Waals surface area contributed by atoms with Crippen LogP contribution in [0.4, 0.5) is 0 Å². The minimum atomic E-state index is 0.0251. The summed E-state index contributed by atoms with van der Waals surface area (Å²) in [5.74, 6) is 1.63. The second-order valence-electron chi connectivity index (χ2n) is 6.15. The minimum Gasteiger partial charge on any atom is -0.486 e. The number of ether oxygens (including phenoxy) is 2. The molecular weight excluding hydrogens is 286 g/mol. The van der Waals surface area contributed by atoms with Crippen molar-refractivity contribution >= 4 is 10.9 Å². The molecule has 0 radical (unpaired) electrons. The van der Waals surface area contributed by atoms with Crippen LogP contribution in [0, 0.1) is 13.8 Å². The van der Waals surface area contributed by atoms with Crippen molar-refractivity contribution in [2.45, 2.75) is 26.4 Å². The summed E-state index contributed by atoms with van der Waals surface area (Å²) in [6, 6.07) is 16.6. The summed E-state index contributed by atoms with van der Waals surface area (Å²) in [6.45, 7) is 4.67. The van der Waals surface area contributed by atoms with Crippen LogP contribution < -0.4 is 9.47 Å². The Morgan fingerprint density at radius 1 is 1.00 bits per heavy atom. The van der Waals surface area contributed by atoms with E-state index in [2.05, 4.69) is 42.2 Å². The Hall–Kier alpha value is -2.55. The summed E-state index contributed by atoms with van der Waals surface area (Å²) in [5.41, 5.74) is 4.49. The van der Waals surface area contributed by atoms with Crippen LogP contribution >= 0.6 is 0 Å². The fraction of sp³-hybridized carbons (Fsp3) is 0.250. The Balaban J connectivity index is 1.64. The quantitative estimate of drug-likeness (QED) is 0.710. The van der Waals surface area contributed by atoms with Gasteiger partial charge < -0.3 is 9.47 Å². The van der Waals surface area contributed by atoms with Gasteiger partial charge in [-0.05, 0) is 43.7 Å². The molecule has 2 heterocycles. The third kappa shape index (κ3) is 2.74. The van der Waals surface area contributed by atoms with Crippen LogP contribution in [0.1, 0.15) is 16.8 Å². The standard InChI is InChI=1S/C20H19NO2/c1-13-3-6-15(7-4-13)11-16-12-22-19-10-9-18-17(20(19)23-16)8-5-14(2)21-18/h3-10,16H,11-12H2,1-2H3. The Bertz CT molecular complexity index is 855. The maximum absolute atomic E-state index is 6.25. The Labute approximate surface area is 135 Å². The highest BCUT2D eigenvalue weighted by atomic mass is 16.6. The Morgan fingerprint density at radius 3 is 2.65 bits per heavy atom. The van der Waals surface area contributed by atoms with E-state index in [-0.39, 0.29) is 6.10 Å². The maximum Gasteiger partial charge on any atom is 0.171 e. The lowest BCUT2D eigenvalue weighted by Gasteiger charge is -2.27. The molecule has 1 atom stereocenters. The van der Waals surface area contributed by atoms with Crippen molar-refractivity contribution in [2.75, 3.05) is 6.61 Å². The molecule has 4 rings (SSSR count). The lowest BCUT2D eigenvalue weighted by molar-refractivity contribution is 0.0933. The molecule has 116 valence electrons. The first-order valence-electron chi connectivity index (χ1n) is 7.94. The van der Waals surface area contributed by atoms with Crippen LogP contribution in [-0.4, -0.2) is 17.7 Å². The van der Waals surface area contributed by atoms with E-state index in [1.165, 1.54) is 11.1 Å². The summed E-state index contributed by atoms with van der Waals surface area (Å²) in [7, 11) is 0. The number of hydrogen-bond acceptors (Lipinski definition) is 3. The van der Waals surface area contributed by atoms with Gasteiger partial charge in [-0.2, -0.15) is 0 Å². The summed E-state index contributed by atoms with van der Waals surface area (Å²) in [4.78, 5) is 4.57. The number of benzene rings is 2. The fourth-order valence-electron chi connectivity index (χ4n) is 2.97. The number of nitrogens with zero attached hydrogens (tertiary/aromatic N) is 1. The van der Waals surface area contributed by atoms with Gasteiger partial charge >= 0.3 is 0 Å². The zero-order valence-corrected chi connectivity index (χ0v) is 13.4. The van der Waals surface area contributed by atoms with E-state index < -0.39 is 0 Å². The predicted octanol–water partition coefficient (Wildman–Crippen LogP) is 4.23. The zero-order valence-electron chi connectivity index (χ0n) is 13.4. The van der Waals surface area contributed by atoms with Crippen LogP contribution in [0.5, 0.6) is 11.5 Å². The van der Waals surface area contributed by atoms with Gasteiger partial charge in [0, 0.05) is 17.5 Å². The maximum atomic E-state index is 6.25. The van der Waals surface area contributed by atoms with Gasteiger partial charge in [-0.3, -0.25) is 4.98 Å². The molecule has 0 saturated heterocycles. The molecular formula is C20H19NO2. The molecule has 3 aromatic rings. The zero-order chi connectivity index (χ0) is 15.8. The minimum absolute atomic E-state index is 0.0251. The first-order valence-corrected chi connectivity index (χ1v) is 7.94. The van der Waals surface area contributed by atoms with Crippen LogP contribution in [0.15, 0.2) is 48.5 Å². The van der Waals surface area contributed by atoms with Gasteiger partial charge in [0.1, 0.15) is 12.7 Å². The van der Waals surface area contributed by atoms with E-state index in [0.29, 0.717) is 6.61 Å². The molecule has 0 aliphatic carbocycles. The average Bonchev–Trinajstić information content (AvgIpc) is 2.56. The van der Waals surface area contributed by atoms with E-state index >= 15 is 0 Å². The topological polar surface area (TPSA) is 31.4 Å². The van der Waals surface area contributed by atoms with Gasteiger partial charge in [0.05, 0.1) is 5.52 Å². The van der Waals surface area contributed by atoms with Crippen molar-refractivity contribution in [1.29, 1.82) is 0 Å². The van der Waals surface area contributed by atoms with Gasteiger partial charge in [-0.1, -0.05) is 29.8 Å². The molecule has 0 fully saturated rings. The lowest BCUT2D eigenvalue weighted by Crippen LogP contribution is -2.31. The molecule has 1 aliphatic heterocycles. The van der Waals surface area contributed by atoms with Crippen molar-refractivity contribution < 1.29 is 9.47 Å². The molecule has 23 heavy (non-hydrogen) atoms. The summed E-state index contributed by atoms with van der Waals surface area (Å²) in [6.07, 6.45) is 0.868. The van der Waals surface area contributed by atoms with Gasteiger partial charge in [-0.15, -0.1) is 0 Å². The largest absolute Gasteiger partial charge is 0.486 e. The summed E-state index contributed by atoms with van der Waals surface area (Å²) in [5, 5.41) is 1.02. The second kappa shape index (κ2) is 5.58. The molecule has 0 amide bonds. The van der Waals surface area contributed by atoms with E-state index in [1.807, 2.05) is 25.1 Å². The summed E-state index contributed by atoms with van der Waals surface area (Å²) < 4.78 is 12.2. The third-order valence-electron chi connectivity index (χ3n) is 4.22. The number of aromatic nitrogens is 1. The molecule has 1 aromatic heterocycles. The number of fused-ring (bicyclic) bond motifs is 3. The number of pyridine rings is 1. The van der Waals surface area contributed by atoms with Crippen LogP contribution in [0.25, 0.3) is 10.9 Å². The van der Waals surface area contributed by atoms with E-state index in [9.17, 15) is 0 Å². The van der Waals surface area contributed by atoms with Crippen molar-refractivity contribution in [3.05, 3.63) is 65.4 Å². The fourth-order valence-corrected chi connectivity index (χ4v) is 2.97. The molecule has 1 aliphatic rings.